The monoisotopic (exact) mass is 541 g/mol. The van der Waals surface area contributed by atoms with Crippen LogP contribution in [-0.4, -0.2) is 56.5 Å². The van der Waals surface area contributed by atoms with Crippen LogP contribution >= 0.6 is 0 Å². The molecule has 2 aromatic carbocycles. The SMILES string of the molecule is Cc1cc(N2CCC(=O)C23CCN(C(=O)c2cc(-c4ccncc4)n(-c4ccc(C)c(F)c4)n2)CC3)ccc1F. The number of piperidine rings is 1. The average Bonchev–Trinajstić information content (AvgIpc) is 3.54. The van der Waals surface area contributed by atoms with Crippen LogP contribution < -0.4 is 4.90 Å². The molecular weight excluding hydrogens is 512 g/mol. The first-order valence-corrected chi connectivity index (χ1v) is 13.4. The average molecular weight is 542 g/mol. The van der Waals surface area contributed by atoms with E-state index in [4.69, 9.17) is 0 Å². The van der Waals surface area contributed by atoms with E-state index < -0.39 is 5.54 Å². The minimum Gasteiger partial charge on any atom is -0.358 e. The van der Waals surface area contributed by atoms with E-state index in [-0.39, 0.29) is 29.0 Å². The number of halogens is 2. The molecule has 2 aliphatic rings. The highest BCUT2D eigenvalue weighted by Gasteiger charge is 2.50. The van der Waals surface area contributed by atoms with Gasteiger partial charge in [0.1, 0.15) is 17.2 Å². The number of benzene rings is 2. The molecule has 0 radical (unpaired) electrons. The van der Waals surface area contributed by atoms with Crippen molar-refractivity contribution in [3.63, 3.8) is 0 Å². The number of amides is 1. The third-order valence-corrected chi connectivity index (χ3v) is 8.23. The Hall–Kier alpha value is -4.40. The van der Waals surface area contributed by atoms with Crippen molar-refractivity contribution in [3.8, 4) is 16.9 Å². The predicted molar refractivity (Wildman–Crippen MR) is 147 cm³/mol. The molecule has 2 saturated heterocycles. The van der Waals surface area contributed by atoms with Crippen LogP contribution in [0.1, 0.15) is 40.9 Å². The third-order valence-electron chi connectivity index (χ3n) is 8.23. The number of aryl methyl sites for hydroxylation is 2. The van der Waals surface area contributed by atoms with E-state index in [1.54, 1.807) is 66.2 Å². The zero-order chi connectivity index (χ0) is 28.0. The number of nitrogens with zero attached hydrogens (tertiary/aromatic N) is 5. The summed E-state index contributed by atoms with van der Waals surface area (Å²) < 4.78 is 30.0. The third kappa shape index (κ3) is 4.35. The molecule has 0 bridgehead atoms. The van der Waals surface area contributed by atoms with Gasteiger partial charge < -0.3 is 9.80 Å². The highest BCUT2D eigenvalue weighted by atomic mass is 19.1. The summed E-state index contributed by atoms with van der Waals surface area (Å²) in [6, 6.07) is 15.2. The molecular formula is C31H29F2N5O2. The Labute approximate surface area is 231 Å². The van der Waals surface area contributed by atoms with Gasteiger partial charge in [0, 0.05) is 49.7 Å². The Morgan fingerprint density at radius 1 is 0.850 bits per heavy atom. The van der Waals surface area contributed by atoms with Crippen molar-refractivity contribution >= 4 is 17.4 Å². The highest BCUT2D eigenvalue weighted by molar-refractivity contribution is 5.97. The normalized spacial score (nSPS) is 16.6. The van der Waals surface area contributed by atoms with Gasteiger partial charge in [0.15, 0.2) is 11.5 Å². The molecule has 0 aliphatic carbocycles. The Kier molecular flexibility index (Phi) is 6.44. The summed E-state index contributed by atoms with van der Waals surface area (Å²) in [6.45, 7) is 4.76. The molecule has 40 heavy (non-hydrogen) atoms. The lowest BCUT2D eigenvalue weighted by atomic mass is 9.83. The van der Waals surface area contributed by atoms with Gasteiger partial charge >= 0.3 is 0 Å². The van der Waals surface area contributed by atoms with Gasteiger partial charge in [0.25, 0.3) is 5.91 Å². The van der Waals surface area contributed by atoms with Crippen LogP contribution in [0, 0.1) is 25.5 Å². The summed E-state index contributed by atoms with van der Waals surface area (Å²) in [6.07, 6.45) is 4.70. The van der Waals surface area contributed by atoms with Crippen molar-refractivity contribution in [1.29, 1.82) is 0 Å². The number of likely N-dealkylation sites (tertiary alicyclic amines) is 1. The molecule has 7 nitrogen and oxygen atoms in total. The molecule has 1 amide bonds. The molecule has 0 atom stereocenters. The van der Waals surface area contributed by atoms with E-state index in [1.807, 2.05) is 12.1 Å². The van der Waals surface area contributed by atoms with Gasteiger partial charge in [-0.1, -0.05) is 6.07 Å². The van der Waals surface area contributed by atoms with Crippen LogP contribution in [0.2, 0.25) is 0 Å². The minimum atomic E-state index is -0.706. The predicted octanol–water partition coefficient (Wildman–Crippen LogP) is 5.28. The van der Waals surface area contributed by atoms with Crippen molar-refractivity contribution in [1.82, 2.24) is 19.7 Å². The summed E-state index contributed by atoms with van der Waals surface area (Å²) in [4.78, 5) is 34.8. The van der Waals surface area contributed by atoms with Gasteiger partial charge in [-0.2, -0.15) is 5.10 Å². The molecule has 2 aromatic heterocycles. The topological polar surface area (TPSA) is 71.3 Å². The molecule has 2 fully saturated rings. The van der Waals surface area contributed by atoms with Crippen molar-refractivity contribution in [2.75, 3.05) is 24.5 Å². The maximum absolute atomic E-state index is 14.5. The largest absolute Gasteiger partial charge is 0.358 e. The van der Waals surface area contributed by atoms with Crippen LogP contribution in [0.25, 0.3) is 16.9 Å². The zero-order valence-corrected chi connectivity index (χ0v) is 22.4. The molecule has 4 aromatic rings. The van der Waals surface area contributed by atoms with E-state index in [0.29, 0.717) is 61.4 Å². The van der Waals surface area contributed by atoms with Crippen molar-refractivity contribution in [3.05, 3.63) is 95.4 Å². The number of Topliss-reactive ketones (excluding diaryl/α,β-unsaturated/α-hetero) is 1. The maximum atomic E-state index is 14.5. The van der Waals surface area contributed by atoms with E-state index in [1.165, 1.54) is 12.1 Å². The quantitative estimate of drug-likeness (QED) is 0.352. The lowest BCUT2D eigenvalue weighted by Crippen LogP contribution is -2.56. The summed E-state index contributed by atoms with van der Waals surface area (Å²) >= 11 is 0. The molecule has 1 spiro atoms. The van der Waals surface area contributed by atoms with Gasteiger partial charge in [0.05, 0.1) is 11.4 Å². The highest BCUT2D eigenvalue weighted by Crippen LogP contribution is 2.40. The van der Waals surface area contributed by atoms with Gasteiger partial charge in [-0.3, -0.25) is 14.6 Å². The molecule has 9 heteroatoms. The molecule has 2 aliphatic heterocycles. The van der Waals surface area contributed by atoms with Crippen molar-refractivity contribution in [2.24, 2.45) is 0 Å². The van der Waals surface area contributed by atoms with Crippen LogP contribution in [0.15, 0.2) is 67.0 Å². The first kappa shape index (κ1) is 25.9. The Bertz CT molecular complexity index is 1610. The molecule has 6 rings (SSSR count). The molecule has 204 valence electrons. The van der Waals surface area contributed by atoms with Gasteiger partial charge in [0.2, 0.25) is 0 Å². The number of carbonyl (C=O) groups is 2. The van der Waals surface area contributed by atoms with Gasteiger partial charge in [-0.15, -0.1) is 0 Å². The van der Waals surface area contributed by atoms with E-state index >= 15 is 0 Å². The van der Waals surface area contributed by atoms with Crippen molar-refractivity contribution < 1.29 is 18.4 Å². The second-order valence-corrected chi connectivity index (χ2v) is 10.6. The summed E-state index contributed by atoms with van der Waals surface area (Å²) in [5.41, 5.74) is 3.37. The summed E-state index contributed by atoms with van der Waals surface area (Å²) in [5, 5.41) is 4.61. The van der Waals surface area contributed by atoms with Gasteiger partial charge in [-0.05, 0) is 86.3 Å². The minimum absolute atomic E-state index is 0.159. The lowest BCUT2D eigenvalue weighted by molar-refractivity contribution is -0.123. The number of pyridine rings is 1. The smallest absolute Gasteiger partial charge is 0.274 e. The number of carbonyl (C=O) groups excluding carboxylic acids is 2. The number of hydrogen-bond donors (Lipinski definition) is 0. The first-order chi connectivity index (χ1) is 19.3. The number of hydrogen-bond acceptors (Lipinski definition) is 5. The second-order valence-electron chi connectivity index (χ2n) is 10.6. The fourth-order valence-electron chi connectivity index (χ4n) is 5.90. The van der Waals surface area contributed by atoms with E-state index in [2.05, 4.69) is 15.0 Å². The summed E-state index contributed by atoms with van der Waals surface area (Å²) in [5.74, 6) is -0.717. The Balaban J connectivity index is 1.28. The number of aromatic nitrogens is 3. The standard InChI is InChI=1S/C31H29F2N5O2/c1-20-3-4-24(18-26(20)33)38-28(22-7-12-34-13-8-22)19-27(35-38)30(40)36-15-10-31(11-16-36)29(39)9-14-37(31)23-5-6-25(32)21(2)17-23/h3-8,12-13,17-19H,9-11,14-16H2,1-2H3. The molecule has 0 N–H and O–H groups in total. The van der Waals surface area contributed by atoms with Crippen LogP contribution in [0.4, 0.5) is 14.5 Å². The fourth-order valence-corrected chi connectivity index (χ4v) is 5.90. The number of ketones is 1. The van der Waals surface area contributed by atoms with Gasteiger partial charge in [-0.25, -0.2) is 13.5 Å². The molecule has 4 heterocycles. The number of anilines is 1. The first-order valence-electron chi connectivity index (χ1n) is 13.4. The molecule has 0 unspecified atom stereocenters. The van der Waals surface area contributed by atoms with Crippen LogP contribution in [0.3, 0.4) is 0 Å². The molecule has 0 saturated carbocycles. The fraction of sp³-hybridized carbons (Fsp3) is 0.290. The van der Waals surface area contributed by atoms with Crippen LogP contribution in [-0.2, 0) is 4.79 Å². The Morgan fingerprint density at radius 3 is 2.27 bits per heavy atom. The van der Waals surface area contributed by atoms with Crippen molar-refractivity contribution in [2.45, 2.75) is 38.6 Å². The lowest BCUT2D eigenvalue weighted by Gasteiger charge is -2.44. The Morgan fingerprint density at radius 2 is 1.57 bits per heavy atom. The van der Waals surface area contributed by atoms with Crippen LogP contribution in [0.5, 0.6) is 0 Å². The number of rotatable bonds is 4. The second kappa shape index (κ2) is 9.97. The zero-order valence-electron chi connectivity index (χ0n) is 22.4. The summed E-state index contributed by atoms with van der Waals surface area (Å²) in [7, 11) is 0. The van der Waals surface area contributed by atoms with E-state index in [9.17, 15) is 18.4 Å². The maximum Gasteiger partial charge on any atom is 0.274 e. The van der Waals surface area contributed by atoms with E-state index in [0.717, 1.165) is 11.3 Å².